The second kappa shape index (κ2) is 10.9. The number of carbonyl (C=O) groups is 1. The Hall–Kier alpha value is -3.46. The highest BCUT2D eigenvalue weighted by Crippen LogP contribution is 2.30. The van der Waals surface area contributed by atoms with E-state index in [1.165, 1.54) is 5.56 Å². The monoisotopic (exact) mass is 506 g/mol. The molecule has 3 heterocycles. The van der Waals surface area contributed by atoms with E-state index < -0.39 is 0 Å². The van der Waals surface area contributed by atoms with Crippen LogP contribution in [-0.4, -0.2) is 63.2 Å². The first kappa shape index (κ1) is 26.6. The molecule has 9 heteroatoms. The third-order valence-electron chi connectivity index (χ3n) is 7.24. The molecule has 37 heavy (non-hydrogen) atoms. The number of fused-ring (bicyclic) bond motifs is 1. The standard InChI is InChI=1S/C28H38N6O3/c1-7-37-27(36)32-14-16-33(17-15-32)28(5,6)23-11-8-21(9-12-23)20(4)30-26-29-18-22-10-13-24(35)34(19(2)3)25(22)31-26/h8-13,18-20H,7,14-17H2,1-6H3,(H,29,30,31)/t20-/m0/s1. The third kappa shape index (κ3) is 5.61. The molecule has 0 unspecified atom stereocenters. The maximum atomic E-state index is 12.4. The van der Waals surface area contributed by atoms with E-state index in [1.54, 1.807) is 27.8 Å². The van der Waals surface area contributed by atoms with Crippen LogP contribution in [0.25, 0.3) is 11.0 Å². The van der Waals surface area contributed by atoms with Gasteiger partial charge in [-0.1, -0.05) is 24.3 Å². The lowest BCUT2D eigenvalue weighted by atomic mass is 9.90. The number of hydrogen-bond acceptors (Lipinski definition) is 7. The minimum atomic E-state index is -0.228. The van der Waals surface area contributed by atoms with Crippen LogP contribution in [0.2, 0.25) is 0 Å². The number of rotatable bonds is 7. The van der Waals surface area contributed by atoms with Gasteiger partial charge in [-0.15, -0.1) is 0 Å². The summed E-state index contributed by atoms with van der Waals surface area (Å²) >= 11 is 0. The quantitative estimate of drug-likeness (QED) is 0.502. The zero-order valence-electron chi connectivity index (χ0n) is 22.7. The molecule has 1 saturated heterocycles. The van der Waals surface area contributed by atoms with Crippen molar-refractivity contribution in [1.82, 2.24) is 24.3 Å². The van der Waals surface area contributed by atoms with Gasteiger partial charge in [0, 0.05) is 55.4 Å². The summed E-state index contributed by atoms with van der Waals surface area (Å²) < 4.78 is 6.84. The largest absolute Gasteiger partial charge is 0.450 e. The number of amides is 1. The molecule has 0 radical (unpaired) electrons. The van der Waals surface area contributed by atoms with Gasteiger partial charge in [-0.05, 0) is 58.7 Å². The SMILES string of the molecule is CCOC(=O)N1CCN(C(C)(C)c2ccc([C@H](C)Nc3ncc4ccc(=O)n(C(C)C)c4n3)cc2)CC1. The van der Waals surface area contributed by atoms with Crippen molar-refractivity contribution in [1.29, 1.82) is 0 Å². The molecule has 2 aromatic heterocycles. The number of nitrogens with zero attached hydrogens (tertiary/aromatic N) is 5. The minimum Gasteiger partial charge on any atom is -0.450 e. The molecule has 3 aromatic rings. The molecule has 1 aliphatic heterocycles. The van der Waals surface area contributed by atoms with Gasteiger partial charge in [0.15, 0.2) is 0 Å². The van der Waals surface area contributed by atoms with E-state index in [1.807, 2.05) is 20.8 Å². The predicted molar refractivity (Wildman–Crippen MR) is 146 cm³/mol. The summed E-state index contributed by atoms with van der Waals surface area (Å²) in [5.41, 5.74) is 2.73. The van der Waals surface area contributed by atoms with E-state index in [2.05, 4.69) is 65.2 Å². The highest BCUT2D eigenvalue weighted by Gasteiger charge is 2.33. The molecule has 9 nitrogen and oxygen atoms in total. The molecule has 0 spiro atoms. The topological polar surface area (TPSA) is 92.6 Å². The van der Waals surface area contributed by atoms with E-state index in [0.717, 1.165) is 24.0 Å². The Labute approximate surface area is 218 Å². The molecule has 0 aliphatic carbocycles. The van der Waals surface area contributed by atoms with Crippen LogP contribution in [0.3, 0.4) is 0 Å². The predicted octanol–water partition coefficient (Wildman–Crippen LogP) is 4.55. The molecule has 1 N–H and O–H groups in total. The van der Waals surface area contributed by atoms with E-state index in [-0.39, 0.29) is 29.3 Å². The molecule has 0 saturated carbocycles. The molecule has 0 bridgehead atoms. The number of piperazine rings is 1. The number of nitrogens with one attached hydrogen (secondary N) is 1. The van der Waals surface area contributed by atoms with Crippen LogP contribution in [0.5, 0.6) is 0 Å². The van der Waals surface area contributed by atoms with Crippen LogP contribution in [0.15, 0.2) is 47.4 Å². The summed E-state index contributed by atoms with van der Waals surface area (Å²) in [5, 5.41) is 4.22. The van der Waals surface area contributed by atoms with Gasteiger partial charge in [0.05, 0.1) is 12.6 Å². The van der Waals surface area contributed by atoms with Gasteiger partial charge in [0.25, 0.3) is 5.56 Å². The highest BCUT2D eigenvalue weighted by molar-refractivity contribution is 5.75. The first-order valence-corrected chi connectivity index (χ1v) is 13.0. The van der Waals surface area contributed by atoms with Crippen LogP contribution < -0.4 is 10.9 Å². The van der Waals surface area contributed by atoms with Gasteiger partial charge >= 0.3 is 6.09 Å². The Bertz CT molecular complexity index is 1290. The zero-order valence-corrected chi connectivity index (χ0v) is 22.7. The zero-order chi connectivity index (χ0) is 26.7. The molecular formula is C28H38N6O3. The normalized spacial score (nSPS) is 15.7. The average molecular weight is 507 g/mol. The summed E-state index contributed by atoms with van der Waals surface area (Å²) in [6.45, 7) is 15.6. The Morgan fingerprint density at radius 3 is 2.35 bits per heavy atom. The van der Waals surface area contributed by atoms with Gasteiger partial charge in [-0.2, -0.15) is 4.98 Å². The van der Waals surface area contributed by atoms with Crippen molar-refractivity contribution >= 4 is 23.1 Å². The van der Waals surface area contributed by atoms with Gasteiger partial charge < -0.3 is 15.0 Å². The van der Waals surface area contributed by atoms with E-state index in [0.29, 0.717) is 31.3 Å². The number of hydrogen-bond donors (Lipinski definition) is 1. The summed E-state index contributed by atoms with van der Waals surface area (Å²) in [6.07, 6.45) is 1.52. The summed E-state index contributed by atoms with van der Waals surface area (Å²) in [5.74, 6) is 0.490. The third-order valence-corrected chi connectivity index (χ3v) is 7.24. The van der Waals surface area contributed by atoms with Crippen LogP contribution in [-0.2, 0) is 10.3 Å². The van der Waals surface area contributed by atoms with Crippen LogP contribution in [0.4, 0.5) is 10.7 Å². The molecule has 1 fully saturated rings. The number of aromatic nitrogens is 3. The lowest BCUT2D eigenvalue weighted by Gasteiger charge is -2.44. The molecule has 1 aliphatic rings. The Morgan fingerprint density at radius 2 is 1.73 bits per heavy atom. The number of pyridine rings is 1. The fraction of sp³-hybridized carbons (Fsp3) is 0.500. The fourth-order valence-electron chi connectivity index (χ4n) is 4.91. The van der Waals surface area contributed by atoms with Crippen molar-refractivity contribution < 1.29 is 9.53 Å². The average Bonchev–Trinajstić information content (AvgIpc) is 2.88. The minimum absolute atomic E-state index is 0.000381. The van der Waals surface area contributed by atoms with E-state index >= 15 is 0 Å². The molecule has 1 atom stereocenters. The fourth-order valence-corrected chi connectivity index (χ4v) is 4.91. The summed E-state index contributed by atoms with van der Waals surface area (Å²) in [7, 11) is 0. The van der Waals surface area contributed by atoms with Crippen molar-refractivity contribution in [2.24, 2.45) is 0 Å². The number of ether oxygens (including phenoxy) is 1. The van der Waals surface area contributed by atoms with Crippen molar-refractivity contribution in [2.45, 2.75) is 59.2 Å². The number of anilines is 1. The summed E-state index contributed by atoms with van der Waals surface area (Å²) in [4.78, 5) is 37.8. The Kier molecular flexibility index (Phi) is 7.82. The van der Waals surface area contributed by atoms with Crippen LogP contribution in [0, 0.1) is 0 Å². The molecule has 1 aromatic carbocycles. The maximum Gasteiger partial charge on any atom is 0.409 e. The smallest absolute Gasteiger partial charge is 0.409 e. The van der Waals surface area contributed by atoms with Crippen molar-refractivity contribution in [3.63, 3.8) is 0 Å². The van der Waals surface area contributed by atoms with Crippen molar-refractivity contribution in [3.8, 4) is 0 Å². The van der Waals surface area contributed by atoms with Crippen LogP contribution >= 0.6 is 0 Å². The second-order valence-corrected chi connectivity index (χ2v) is 10.3. The van der Waals surface area contributed by atoms with Crippen molar-refractivity contribution in [2.75, 3.05) is 38.1 Å². The maximum absolute atomic E-state index is 12.4. The van der Waals surface area contributed by atoms with Gasteiger partial charge in [-0.3, -0.25) is 14.3 Å². The van der Waals surface area contributed by atoms with Gasteiger partial charge in [0.1, 0.15) is 5.65 Å². The van der Waals surface area contributed by atoms with Gasteiger partial charge in [0.2, 0.25) is 5.95 Å². The summed E-state index contributed by atoms with van der Waals surface area (Å²) in [6, 6.07) is 11.9. The molecular weight excluding hydrogens is 468 g/mol. The highest BCUT2D eigenvalue weighted by atomic mass is 16.6. The Balaban J connectivity index is 1.45. The lowest BCUT2D eigenvalue weighted by molar-refractivity contribution is 0.0396. The first-order valence-electron chi connectivity index (χ1n) is 13.0. The Morgan fingerprint density at radius 1 is 1.05 bits per heavy atom. The van der Waals surface area contributed by atoms with Gasteiger partial charge in [-0.25, -0.2) is 9.78 Å². The van der Waals surface area contributed by atoms with E-state index in [9.17, 15) is 9.59 Å². The first-order chi connectivity index (χ1) is 17.6. The molecule has 1 amide bonds. The van der Waals surface area contributed by atoms with Crippen LogP contribution in [0.1, 0.15) is 64.8 Å². The molecule has 198 valence electrons. The van der Waals surface area contributed by atoms with E-state index in [4.69, 9.17) is 4.74 Å². The molecule has 4 rings (SSSR count). The van der Waals surface area contributed by atoms with Crippen molar-refractivity contribution in [3.05, 3.63) is 64.1 Å². The lowest BCUT2D eigenvalue weighted by Crippen LogP contribution is -2.54. The number of benzene rings is 1. The second-order valence-electron chi connectivity index (χ2n) is 10.3. The number of carbonyl (C=O) groups excluding carboxylic acids is 1.